The summed E-state index contributed by atoms with van der Waals surface area (Å²) in [5.41, 5.74) is 2.80. The number of fused-ring (bicyclic) bond motifs is 1. The van der Waals surface area contributed by atoms with Crippen LogP contribution in [0.15, 0.2) is 54.9 Å². The average Bonchev–Trinajstić information content (AvgIpc) is 3.34. The van der Waals surface area contributed by atoms with E-state index in [-0.39, 0.29) is 17.5 Å². The molecule has 1 aliphatic rings. The topological polar surface area (TPSA) is 89.3 Å². The zero-order chi connectivity index (χ0) is 25.2. The predicted molar refractivity (Wildman–Crippen MR) is 131 cm³/mol. The molecule has 1 amide bonds. The number of pyridine rings is 1. The summed E-state index contributed by atoms with van der Waals surface area (Å²) in [6.45, 7) is 0.427. The third-order valence-electron chi connectivity index (χ3n) is 6.82. The number of carbonyl (C=O) groups excluding carboxylic acids is 1. The number of hydrogen-bond acceptors (Lipinski definition) is 5. The number of aromatic hydroxyl groups is 1. The van der Waals surface area contributed by atoms with Crippen molar-refractivity contribution >= 4 is 16.8 Å². The lowest BCUT2D eigenvalue weighted by Crippen LogP contribution is -2.31. The van der Waals surface area contributed by atoms with E-state index in [2.05, 4.69) is 34.7 Å². The highest BCUT2D eigenvalue weighted by molar-refractivity contribution is 5.94. The Balaban J connectivity index is 1.18. The van der Waals surface area contributed by atoms with Gasteiger partial charge in [-0.05, 0) is 61.4 Å². The third-order valence-corrected chi connectivity index (χ3v) is 6.82. The van der Waals surface area contributed by atoms with Crippen LogP contribution in [-0.2, 0) is 0 Å². The number of phenolic OH excluding ortho intramolecular Hbond substituents is 1. The minimum absolute atomic E-state index is 0.149. The molecule has 0 spiro atoms. The van der Waals surface area contributed by atoms with Gasteiger partial charge in [0.2, 0.25) is 5.88 Å². The monoisotopic (exact) mass is 492 g/mol. The summed E-state index contributed by atoms with van der Waals surface area (Å²) < 4.78 is 34.2. The second-order valence-electron chi connectivity index (χ2n) is 9.15. The van der Waals surface area contributed by atoms with Gasteiger partial charge in [-0.25, -0.2) is 13.8 Å². The molecule has 2 aromatic heterocycles. The van der Waals surface area contributed by atoms with E-state index in [1.165, 1.54) is 0 Å². The Kier molecular flexibility index (Phi) is 6.54. The highest BCUT2D eigenvalue weighted by atomic mass is 19.1. The van der Waals surface area contributed by atoms with Crippen LogP contribution in [0.5, 0.6) is 11.6 Å². The SMILES string of the molecule is COc1ccc(-c2ccc3cn(C4CCC(CNC(=O)c5cc(F)c(O)c(F)c5)CC4)nc3c2)cn1. The maximum absolute atomic E-state index is 13.5. The summed E-state index contributed by atoms with van der Waals surface area (Å²) in [7, 11) is 1.59. The fourth-order valence-electron chi connectivity index (χ4n) is 4.72. The van der Waals surface area contributed by atoms with E-state index in [1.807, 2.05) is 16.8 Å². The molecule has 4 aromatic rings. The molecule has 2 aromatic carbocycles. The molecule has 5 rings (SSSR count). The van der Waals surface area contributed by atoms with Crippen LogP contribution in [-0.4, -0.2) is 39.4 Å². The van der Waals surface area contributed by atoms with Gasteiger partial charge in [0.15, 0.2) is 17.4 Å². The smallest absolute Gasteiger partial charge is 0.251 e. The number of amides is 1. The van der Waals surface area contributed by atoms with E-state index in [0.717, 1.165) is 59.8 Å². The molecule has 0 unspecified atom stereocenters. The van der Waals surface area contributed by atoms with Gasteiger partial charge in [0.05, 0.1) is 18.7 Å². The number of aromatic nitrogens is 3. The molecule has 0 saturated heterocycles. The van der Waals surface area contributed by atoms with E-state index in [9.17, 15) is 18.7 Å². The molecule has 1 saturated carbocycles. The van der Waals surface area contributed by atoms with Gasteiger partial charge >= 0.3 is 0 Å². The van der Waals surface area contributed by atoms with Crippen LogP contribution >= 0.6 is 0 Å². The maximum atomic E-state index is 13.5. The van der Waals surface area contributed by atoms with E-state index in [0.29, 0.717) is 12.4 Å². The molecule has 1 fully saturated rings. The molecule has 9 heteroatoms. The average molecular weight is 493 g/mol. The molecular weight excluding hydrogens is 466 g/mol. The van der Waals surface area contributed by atoms with Crippen molar-refractivity contribution in [2.75, 3.05) is 13.7 Å². The fraction of sp³-hybridized carbons (Fsp3) is 0.296. The standard InChI is InChI=1S/C27H26F2N4O3/c1-36-25-9-6-18(14-30-25)17-4-5-19-15-33(32-24(19)12-17)21-7-2-16(3-8-21)13-31-27(35)20-10-22(28)26(34)23(29)11-20/h4-6,9-12,14-16,21,34H,2-3,7-8,13H2,1H3,(H,31,35). The number of carbonyl (C=O) groups is 1. The number of halogens is 2. The maximum Gasteiger partial charge on any atom is 0.251 e. The zero-order valence-electron chi connectivity index (χ0n) is 19.7. The Bertz CT molecular complexity index is 1370. The quantitative estimate of drug-likeness (QED) is 0.384. The molecule has 2 heterocycles. The van der Waals surface area contributed by atoms with Gasteiger partial charge in [0.1, 0.15) is 0 Å². The molecule has 2 N–H and O–H groups in total. The van der Waals surface area contributed by atoms with E-state index >= 15 is 0 Å². The second kappa shape index (κ2) is 9.93. The third kappa shape index (κ3) is 4.86. The highest BCUT2D eigenvalue weighted by Crippen LogP contribution is 2.33. The van der Waals surface area contributed by atoms with Gasteiger partial charge in [0.25, 0.3) is 5.91 Å². The van der Waals surface area contributed by atoms with Crippen molar-refractivity contribution in [3.05, 3.63) is 72.1 Å². The zero-order valence-corrected chi connectivity index (χ0v) is 19.7. The van der Waals surface area contributed by atoms with Crippen LogP contribution in [0.3, 0.4) is 0 Å². The normalized spacial score (nSPS) is 17.8. The predicted octanol–water partition coefficient (Wildman–Crippen LogP) is 5.25. The van der Waals surface area contributed by atoms with Crippen molar-refractivity contribution in [1.82, 2.24) is 20.1 Å². The first-order valence-corrected chi connectivity index (χ1v) is 11.9. The van der Waals surface area contributed by atoms with Gasteiger partial charge < -0.3 is 15.2 Å². The van der Waals surface area contributed by atoms with Crippen LogP contribution in [0.1, 0.15) is 42.1 Å². The van der Waals surface area contributed by atoms with Crippen molar-refractivity contribution in [3.63, 3.8) is 0 Å². The molecule has 7 nitrogen and oxygen atoms in total. The summed E-state index contributed by atoms with van der Waals surface area (Å²) in [5.74, 6) is -3.10. The van der Waals surface area contributed by atoms with Crippen molar-refractivity contribution in [2.45, 2.75) is 31.7 Å². The molecule has 0 radical (unpaired) electrons. The summed E-state index contributed by atoms with van der Waals surface area (Å²) in [6.07, 6.45) is 7.51. The van der Waals surface area contributed by atoms with Crippen LogP contribution < -0.4 is 10.1 Å². The molecule has 36 heavy (non-hydrogen) atoms. The van der Waals surface area contributed by atoms with Crippen molar-refractivity contribution < 1.29 is 23.4 Å². The number of rotatable bonds is 6. The molecule has 0 atom stereocenters. The number of phenols is 1. The first-order valence-electron chi connectivity index (χ1n) is 11.9. The van der Waals surface area contributed by atoms with Crippen LogP contribution in [0, 0.1) is 17.6 Å². The number of ether oxygens (including phenoxy) is 1. The van der Waals surface area contributed by atoms with Gasteiger partial charge in [-0.3, -0.25) is 9.48 Å². The number of nitrogens with one attached hydrogen (secondary N) is 1. The molecule has 0 bridgehead atoms. The summed E-state index contributed by atoms with van der Waals surface area (Å²) in [6, 6.07) is 11.9. The lowest BCUT2D eigenvalue weighted by molar-refractivity contribution is 0.0940. The number of benzene rings is 2. The van der Waals surface area contributed by atoms with E-state index < -0.39 is 23.3 Å². The Morgan fingerprint density at radius 1 is 1.08 bits per heavy atom. The minimum atomic E-state index is -1.15. The van der Waals surface area contributed by atoms with Gasteiger partial charge in [-0.2, -0.15) is 5.10 Å². The van der Waals surface area contributed by atoms with Gasteiger partial charge in [0, 0.05) is 41.5 Å². The summed E-state index contributed by atoms with van der Waals surface area (Å²) >= 11 is 0. The molecular formula is C27H26F2N4O3. The Labute approximate surface area is 206 Å². The van der Waals surface area contributed by atoms with Crippen LogP contribution in [0.4, 0.5) is 8.78 Å². The second-order valence-corrected chi connectivity index (χ2v) is 9.15. The lowest BCUT2D eigenvalue weighted by Gasteiger charge is -2.28. The summed E-state index contributed by atoms with van der Waals surface area (Å²) in [4.78, 5) is 16.6. The number of nitrogens with zero attached hydrogens (tertiary/aromatic N) is 3. The molecule has 1 aliphatic carbocycles. The Morgan fingerprint density at radius 2 is 1.81 bits per heavy atom. The van der Waals surface area contributed by atoms with Crippen LogP contribution in [0.25, 0.3) is 22.0 Å². The fourth-order valence-corrected chi connectivity index (χ4v) is 4.72. The van der Waals surface area contributed by atoms with E-state index in [4.69, 9.17) is 9.84 Å². The summed E-state index contributed by atoms with van der Waals surface area (Å²) in [5, 5.41) is 17.9. The minimum Gasteiger partial charge on any atom is -0.503 e. The first-order chi connectivity index (χ1) is 17.4. The Morgan fingerprint density at radius 3 is 2.47 bits per heavy atom. The van der Waals surface area contributed by atoms with Crippen molar-refractivity contribution in [2.24, 2.45) is 5.92 Å². The highest BCUT2D eigenvalue weighted by Gasteiger charge is 2.24. The van der Waals surface area contributed by atoms with Crippen molar-refractivity contribution in [3.8, 4) is 22.8 Å². The van der Waals surface area contributed by atoms with E-state index in [1.54, 1.807) is 13.3 Å². The van der Waals surface area contributed by atoms with Crippen LogP contribution in [0.2, 0.25) is 0 Å². The van der Waals surface area contributed by atoms with Crippen molar-refractivity contribution in [1.29, 1.82) is 0 Å². The first kappa shape index (κ1) is 23.7. The number of methoxy groups -OCH3 is 1. The lowest BCUT2D eigenvalue weighted by atomic mass is 9.86. The molecule has 186 valence electrons. The number of hydrogen-bond donors (Lipinski definition) is 2. The van der Waals surface area contributed by atoms with Gasteiger partial charge in [-0.15, -0.1) is 0 Å². The Hall–Kier alpha value is -4.01. The largest absolute Gasteiger partial charge is 0.503 e. The van der Waals surface area contributed by atoms with Gasteiger partial charge in [-0.1, -0.05) is 12.1 Å². The molecule has 0 aliphatic heterocycles.